The Bertz CT molecular complexity index is 977. The number of halogens is 1. The third kappa shape index (κ3) is 5.75. The predicted octanol–water partition coefficient (Wildman–Crippen LogP) is 5.69. The molecule has 29 heavy (non-hydrogen) atoms. The van der Waals surface area contributed by atoms with Crippen molar-refractivity contribution in [2.45, 2.75) is 40.2 Å². The van der Waals surface area contributed by atoms with Gasteiger partial charge in [0.25, 0.3) is 5.91 Å². The van der Waals surface area contributed by atoms with Gasteiger partial charge < -0.3 is 14.8 Å². The molecule has 0 saturated carbocycles. The number of anilines is 1. The number of rotatable bonds is 7. The molecule has 5 nitrogen and oxygen atoms in total. The minimum absolute atomic E-state index is 0.0267. The first-order valence-corrected chi connectivity index (χ1v) is 9.71. The fourth-order valence-corrected chi connectivity index (χ4v) is 2.82. The normalized spacial score (nSPS) is 12.1. The van der Waals surface area contributed by atoms with Crippen LogP contribution in [0.1, 0.15) is 37.0 Å². The van der Waals surface area contributed by atoms with Crippen LogP contribution < -0.4 is 14.8 Å². The van der Waals surface area contributed by atoms with Gasteiger partial charge in [-0.25, -0.2) is 0 Å². The van der Waals surface area contributed by atoms with Gasteiger partial charge in [0, 0.05) is 5.69 Å². The van der Waals surface area contributed by atoms with Gasteiger partial charge in [-0.3, -0.25) is 4.79 Å². The molecule has 0 aliphatic heterocycles. The molecule has 6 heteroatoms. The number of nitrogens with one attached hydrogen (secondary N) is 1. The van der Waals surface area contributed by atoms with Crippen LogP contribution in [0, 0.1) is 25.2 Å². The number of hydrogen-bond donors (Lipinski definition) is 1. The molecule has 152 valence electrons. The SMILES string of the molecule is CC[C@@H](C)Oc1c(Cl)cc(/C=C(/C#N)C(=O)Nc2ccc(C)c(C)c2)cc1OC. The lowest BCUT2D eigenvalue weighted by Crippen LogP contribution is -2.13. The Morgan fingerprint density at radius 1 is 1.28 bits per heavy atom. The molecule has 0 heterocycles. The number of amides is 1. The summed E-state index contributed by atoms with van der Waals surface area (Å²) in [7, 11) is 1.51. The number of ether oxygens (including phenoxy) is 2. The van der Waals surface area contributed by atoms with Gasteiger partial charge in [0.2, 0.25) is 0 Å². The standard InChI is InChI=1S/C23H25ClN2O3/c1-6-16(4)29-22-20(24)11-17(12-21(22)28-5)10-18(13-25)23(27)26-19-8-7-14(2)15(3)9-19/h7-12,16H,6H2,1-5H3,(H,26,27)/b18-10-/t16-/m1/s1. The number of nitrogens with zero attached hydrogens (tertiary/aromatic N) is 1. The summed E-state index contributed by atoms with van der Waals surface area (Å²) in [5.74, 6) is 0.389. The van der Waals surface area contributed by atoms with Crippen LogP contribution in [0.4, 0.5) is 5.69 Å². The van der Waals surface area contributed by atoms with Gasteiger partial charge in [0.15, 0.2) is 11.5 Å². The Labute approximate surface area is 176 Å². The highest BCUT2D eigenvalue weighted by molar-refractivity contribution is 6.32. The van der Waals surface area contributed by atoms with Gasteiger partial charge in [-0.1, -0.05) is 24.6 Å². The van der Waals surface area contributed by atoms with Gasteiger partial charge in [-0.2, -0.15) is 5.26 Å². The van der Waals surface area contributed by atoms with E-state index in [1.165, 1.54) is 13.2 Å². The molecule has 0 radical (unpaired) electrons. The first kappa shape index (κ1) is 22.3. The number of carbonyl (C=O) groups excluding carboxylic acids is 1. The van der Waals surface area contributed by atoms with E-state index in [9.17, 15) is 10.1 Å². The highest BCUT2D eigenvalue weighted by Gasteiger charge is 2.16. The summed E-state index contributed by atoms with van der Waals surface area (Å²) in [4.78, 5) is 12.5. The fourth-order valence-electron chi connectivity index (χ4n) is 2.55. The van der Waals surface area contributed by atoms with Gasteiger partial charge >= 0.3 is 0 Å². The molecule has 0 aromatic heterocycles. The van der Waals surface area contributed by atoms with Crippen LogP contribution in [0.3, 0.4) is 0 Å². The minimum Gasteiger partial charge on any atom is -0.493 e. The smallest absolute Gasteiger partial charge is 0.266 e. The minimum atomic E-state index is -0.495. The molecule has 1 amide bonds. The van der Waals surface area contributed by atoms with Crippen molar-refractivity contribution in [1.82, 2.24) is 0 Å². The molecular formula is C23H25ClN2O3. The zero-order valence-corrected chi connectivity index (χ0v) is 18.1. The fraction of sp³-hybridized carbons (Fsp3) is 0.304. The zero-order chi connectivity index (χ0) is 21.6. The molecule has 1 N–H and O–H groups in total. The molecule has 0 bridgehead atoms. The first-order chi connectivity index (χ1) is 13.8. The Hall–Kier alpha value is -2.97. The van der Waals surface area contributed by atoms with Crippen LogP contribution in [-0.4, -0.2) is 19.1 Å². The van der Waals surface area contributed by atoms with Crippen molar-refractivity contribution in [3.05, 3.63) is 57.6 Å². The summed E-state index contributed by atoms with van der Waals surface area (Å²) >= 11 is 6.36. The van der Waals surface area contributed by atoms with Gasteiger partial charge in [0.05, 0.1) is 18.2 Å². The van der Waals surface area contributed by atoms with Crippen molar-refractivity contribution in [2.24, 2.45) is 0 Å². The van der Waals surface area contributed by atoms with E-state index in [1.807, 2.05) is 45.9 Å². The molecule has 2 aromatic carbocycles. The Morgan fingerprint density at radius 3 is 2.59 bits per heavy atom. The molecule has 0 spiro atoms. The van der Waals surface area contributed by atoms with E-state index in [0.29, 0.717) is 27.8 Å². The maximum Gasteiger partial charge on any atom is 0.266 e. The van der Waals surface area contributed by atoms with Crippen molar-refractivity contribution >= 4 is 29.3 Å². The summed E-state index contributed by atoms with van der Waals surface area (Å²) in [5.41, 5.74) is 3.33. The van der Waals surface area contributed by atoms with Crippen molar-refractivity contribution in [2.75, 3.05) is 12.4 Å². The van der Waals surface area contributed by atoms with Crippen molar-refractivity contribution < 1.29 is 14.3 Å². The largest absolute Gasteiger partial charge is 0.493 e. The number of hydrogen-bond acceptors (Lipinski definition) is 4. The Morgan fingerprint density at radius 2 is 2.00 bits per heavy atom. The highest BCUT2D eigenvalue weighted by Crippen LogP contribution is 2.38. The molecule has 0 unspecified atom stereocenters. The lowest BCUT2D eigenvalue weighted by atomic mass is 10.1. The van der Waals surface area contributed by atoms with E-state index in [2.05, 4.69) is 5.32 Å². The number of benzene rings is 2. The van der Waals surface area contributed by atoms with Gasteiger partial charge in [0.1, 0.15) is 11.6 Å². The average Bonchev–Trinajstić information content (AvgIpc) is 2.70. The van der Waals surface area contributed by atoms with Crippen LogP contribution in [0.15, 0.2) is 35.9 Å². The van der Waals surface area contributed by atoms with Crippen molar-refractivity contribution in [3.63, 3.8) is 0 Å². The van der Waals surface area contributed by atoms with E-state index < -0.39 is 5.91 Å². The molecule has 0 aliphatic rings. The second-order valence-corrected chi connectivity index (χ2v) is 7.20. The first-order valence-electron chi connectivity index (χ1n) is 9.33. The number of aryl methyl sites for hydroxylation is 2. The Balaban J connectivity index is 2.31. The molecule has 2 aromatic rings. The topological polar surface area (TPSA) is 71.3 Å². The summed E-state index contributed by atoms with van der Waals surface area (Å²) < 4.78 is 11.2. The summed E-state index contributed by atoms with van der Waals surface area (Å²) in [6.45, 7) is 7.90. The van der Waals surface area contributed by atoms with E-state index in [-0.39, 0.29) is 11.7 Å². The maximum atomic E-state index is 12.5. The molecule has 0 aliphatic carbocycles. The molecule has 2 rings (SSSR count). The second kappa shape index (κ2) is 9.99. The third-order valence-electron chi connectivity index (χ3n) is 4.59. The van der Waals surface area contributed by atoms with E-state index in [0.717, 1.165) is 17.5 Å². The molecule has 1 atom stereocenters. The van der Waals surface area contributed by atoms with Gasteiger partial charge in [-0.15, -0.1) is 0 Å². The van der Waals surface area contributed by atoms with E-state index in [4.69, 9.17) is 21.1 Å². The lowest BCUT2D eigenvalue weighted by Gasteiger charge is -2.17. The third-order valence-corrected chi connectivity index (χ3v) is 4.87. The number of carbonyl (C=O) groups is 1. The quantitative estimate of drug-likeness (QED) is 0.468. The van der Waals surface area contributed by atoms with E-state index >= 15 is 0 Å². The van der Waals surface area contributed by atoms with Crippen LogP contribution in [0.2, 0.25) is 5.02 Å². The Kier molecular flexibility index (Phi) is 7.69. The molecule has 0 saturated heterocycles. The molecule has 0 fully saturated rings. The summed E-state index contributed by atoms with van der Waals surface area (Å²) in [6, 6.07) is 10.9. The summed E-state index contributed by atoms with van der Waals surface area (Å²) in [6.07, 6.45) is 2.26. The van der Waals surface area contributed by atoms with Crippen molar-refractivity contribution in [3.8, 4) is 17.6 Å². The van der Waals surface area contributed by atoms with Crippen LogP contribution in [0.5, 0.6) is 11.5 Å². The highest BCUT2D eigenvalue weighted by atomic mass is 35.5. The lowest BCUT2D eigenvalue weighted by molar-refractivity contribution is -0.112. The monoisotopic (exact) mass is 412 g/mol. The molecular weight excluding hydrogens is 388 g/mol. The second-order valence-electron chi connectivity index (χ2n) is 6.79. The predicted molar refractivity (Wildman–Crippen MR) is 117 cm³/mol. The number of nitriles is 1. The van der Waals surface area contributed by atoms with Gasteiger partial charge in [-0.05, 0) is 74.2 Å². The van der Waals surface area contributed by atoms with E-state index in [1.54, 1.807) is 18.2 Å². The average molecular weight is 413 g/mol. The zero-order valence-electron chi connectivity index (χ0n) is 17.3. The van der Waals surface area contributed by atoms with Crippen LogP contribution >= 0.6 is 11.6 Å². The summed E-state index contributed by atoms with van der Waals surface area (Å²) in [5, 5.41) is 12.6. The maximum absolute atomic E-state index is 12.5. The van der Waals surface area contributed by atoms with Crippen LogP contribution in [-0.2, 0) is 4.79 Å². The van der Waals surface area contributed by atoms with Crippen LogP contribution in [0.25, 0.3) is 6.08 Å². The van der Waals surface area contributed by atoms with Crippen molar-refractivity contribution in [1.29, 1.82) is 5.26 Å². The number of methoxy groups -OCH3 is 1.